The molecule has 200 valence electrons. The van der Waals surface area contributed by atoms with Crippen LogP contribution in [0.2, 0.25) is 0 Å². The number of alkyl halides is 3. The van der Waals surface area contributed by atoms with Crippen molar-refractivity contribution in [3.8, 4) is 22.3 Å². The van der Waals surface area contributed by atoms with Gasteiger partial charge in [-0.2, -0.15) is 13.2 Å². The van der Waals surface area contributed by atoms with Crippen molar-refractivity contribution in [2.24, 2.45) is 5.92 Å². The van der Waals surface area contributed by atoms with E-state index in [1.807, 2.05) is 13.8 Å². The second-order valence-corrected chi connectivity index (χ2v) is 9.66. The number of nitrogens with two attached hydrogens (primary N) is 1. The number of benzene rings is 2. The minimum Gasteiger partial charge on any atom is -0.475 e. The summed E-state index contributed by atoms with van der Waals surface area (Å²) in [6.45, 7) is 3.29. The number of nitrogens with zero attached hydrogens (tertiary/aromatic N) is 2. The van der Waals surface area contributed by atoms with Crippen LogP contribution in [0.25, 0.3) is 22.3 Å². The van der Waals surface area contributed by atoms with Crippen molar-refractivity contribution >= 4 is 21.9 Å². The van der Waals surface area contributed by atoms with Crippen LogP contribution in [0.3, 0.4) is 0 Å². The van der Waals surface area contributed by atoms with Crippen LogP contribution in [0, 0.1) is 11.7 Å². The topological polar surface area (TPSA) is 156 Å². The van der Waals surface area contributed by atoms with Gasteiger partial charge in [0, 0.05) is 35.1 Å². The standard InChI is InChI=1S/C21H23FN4O3S.C2HF3O2/c1-13(2)19(12-27)26-30(28,29)20-6-4-3-5-17(20)14-7-8-16(18(22)9-14)15-10-24-21(23)25-11-15;3-2(4,5)1(6)7/h3-11,13,19,26-27H,12H2,1-2H3,(H2,23,24,25);(H,6,7)/t19-;/m1./s1. The molecule has 0 saturated heterocycles. The first-order chi connectivity index (χ1) is 17.2. The van der Waals surface area contributed by atoms with E-state index in [9.17, 15) is 31.1 Å². The number of aliphatic hydroxyl groups excluding tert-OH is 1. The van der Waals surface area contributed by atoms with Crippen LogP contribution in [-0.2, 0) is 14.8 Å². The quantitative estimate of drug-likeness (QED) is 0.330. The molecule has 0 fully saturated rings. The summed E-state index contributed by atoms with van der Waals surface area (Å²) in [5.41, 5.74) is 6.95. The molecule has 0 unspecified atom stereocenters. The summed E-state index contributed by atoms with van der Waals surface area (Å²) >= 11 is 0. The average molecular weight is 545 g/mol. The Labute approximate surface area is 210 Å². The van der Waals surface area contributed by atoms with Gasteiger partial charge in [-0.25, -0.2) is 32.3 Å². The summed E-state index contributed by atoms with van der Waals surface area (Å²) in [6, 6.07) is 10.2. The number of carbonyl (C=O) groups is 1. The highest BCUT2D eigenvalue weighted by atomic mass is 32.2. The SMILES string of the molecule is CC(C)[C@@H](CO)NS(=O)(=O)c1ccccc1-c1ccc(-c2cnc(N)nc2)c(F)c1.O=C(O)C(F)(F)F. The predicted molar refractivity (Wildman–Crippen MR) is 127 cm³/mol. The number of nitrogens with one attached hydrogen (secondary N) is 1. The van der Waals surface area contributed by atoms with Crippen LogP contribution in [0.4, 0.5) is 23.5 Å². The Hall–Kier alpha value is -3.62. The largest absolute Gasteiger partial charge is 0.490 e. The molecule has 0 bridgehead atoms. The van der Waals surface area contributed by atoms with E-state index >= 15 is 0 Å². The molecule has 0 aliphatic rings. The summed E-state index contributed by atoms with van der Waals surface area (Å²) in [7, 11) is -3.94. The van der Waals surface area contributed by atoms with E-state index in [0.717, 1.165) is 0 Å². The van der Waals surface area contributed by atoms with E-state index in [4.69, 9.17) is 15.6 Å². The Morgan fingerprint density at radius 1 is 1.05 bits per heavy atom. The van der Waals surface area contributed by atoms with Gasteiger partial charge in [-0.05, 0) is 23.6 Å². The minimum atomic E-state index is -5.08. The van der Waals surface area contributed by atoms with Gasteiger partial charge in [-0.3, -0.25) is 0 Å². The number of sulfonamides is 1. The lowest BCUT2D eigenvalue weighted by Crippen LogP contribution is -2.41. The molecule has 1 aromatic heterocycles. The number of aromatic nitrogens is 2. The van der Waals surface area contributed by atoms with E-state index in [0.29, 0.717) is 16.7 Å². The number of carboxylic acids is 1. The zero-order valence-electron chi connectivity index (χ0n) is 19.6. The Morgan fingerprint density at radius 3 is 2.11 bits per heavy atom. The Balaban J connectivity index is 0.000000604. The maximum absolute atomic E-state index is 14.8. The van der Waals surface area contributed by atoms with E-state index in [1.54, 1.807) is 30.3 Å². The second kappa shape index (κ2) is 12.1. The van der Waals surface area contributed by atoms with Gasteiger partial charge in [-0.15, -0.1) is 0 Å². The molecule has 0 spiro atoms. The molecule has 14 heteroatoms. The predicted octanol–water partition coefficient (Wildman–Crippen LogP) is 3.46. The highest BCUT2D eigenvalue weighted by Gasteiger charge is 2.38. The molecule has 0 aliphatic carbocycles. The van der Waals surface area contributed by atoms with Crippen molar-refractivity contribution in [3.63, 3.8) is 0 Å². The van der Waals surface area contributed by atoms with Gasteiger partial charge in [0.05, 0.1) is 11.5 Å². The average Bonchev–Trinajstić information content (AvgIpc) is 2.83. The van der Waals surface area contributed by atoms with Gasteiger partial charge >= 0.3 is 12.1 Å². The van der Waals surface area contributed by atoms with Crippen LogP contribution in [0.5, 0.6) is 0 Å². The van der Waals surface area contributed by atoms with Crippen molar-refractivity contribution < 1.29 is 41.0 Å². The fraction of sp³-hybridized carbons (Fsp3) is 0.261. The number of carboxylic acid groups (broad SMARTS) is 1. The summed E-state index contributed by atoms with van der Waals surface area (Å²) in [6.07, 6.45) is -2.24. The molecule has 1 atom stereocenters. The highest BCUT2D eigenvalue weighted by molar-refractivity contribution is 7.89. The lowest BCUT2D eigenvalue weighted by molar-refractivity contribution is -0.192. The molecule has 9 nitrogen and oxygen atoms in total. The highest BCUT2D eigenvalue weighted by Crippen LogP contribution is 2.31. The van der Waals surface area contributed by atoms with Crippen molar-refractivity contribution in [1.29, 1.82) is 0 Å². The van der Waals surface area contributed by atoms with Gasteiger partial charge in [0.2, 0.25) is 16.0 Å². The van der Waals surface area contributed by atoms with Gasteiger partial charge in [0.1, 0.15) is 5.82 Å². The number of hydrogen-bond acceptors (Lipinski definition) is 7. The number of aliphatic carboxylic acids is 1. The smallest absolute Gasteiger partial charge is 0.475 e. The molecule has 3 rings (SSSR count). The second-order valence-electron chi connectivity index (χ2n) is 7.98. The Bertz CT molecular complexity index is 1330. The van der Waals surface area contributed by atoms with Crippen molar-refractivity contribution in [2.45, 2.75) is 31.0 Å². The van der Waals surface area contributed by atoms with Crippen LogP contribution < -0.4 is 10.5 Å². The zero-order valence-corrected chi connectivity index (χ0v) is 20.4. The third-order valence-electron chi connectivity index (χ3n) is 4.99. The first-order valence-electron chi connectivity index (χ1n) is 10.6. The Morgan fingerprint density at radius 2 is 1.62 bits per heavy atom. The van der Waals surface area contributed by atoms with E-state index in [2.05, 4.69) is 14.7 Å². The number of halogens is 4. The number of anilines is 1. The van der Waals surface area contributed by atoms with E-state index < -0.39 is 34.0 Å². The maximum atomic E-state index is 14.8. The van der Waals surface area contributed by atoms with Crippen LogP contribution >= 0.6 is 0 Å². The van der Waals surface area contributed by atoms with Gasteiger partial charge < -0.3 is 15.9 Å². The van der Waals surface area contributed by atoms with Crippen LogP contribution in [0.1, 0.15) is 13.8 Å². The molecule has 2 aromatic carbocycles. The maximum Gasteiger partial charge on any atom is 0.490 e. The molecule has 0 amide bonds. The summed E-state index contributed by atoms with van der Waals surface area (Å²) in [4.78, 5) is 16.6. The molecular formula is C23H24F4N4O5S. The minimum absolute atomic E-state index is 0.00654. The third-order valence-corrected chi connectivity index (χ3v) is 6.54. The fourth-order valence-electron chi connectivity index (χ4n) is 2.98. The molecule has 0 radical (unpaired) electrons. The van der Waals surface area contributed by atoms with Crippen LogP contribution in [-0.4, -0.2) is 53.4 Å². The monoisotopic (exact) mass is 544 g/mol. The number of aliphatic hydroxyl groups is 1. The van der Waals surface area contributed by atoms with Crippen molar-refractivity contribution in [1.82, 2.24) is 14.7 Å². The summed E-state index contributed by atoms with van der Waals surface area (Å²) in [5.74, 6) is -3.32. The zero-order chi connectivity index (χ0) is 28.0. The first-order valence-corrected chi connectivity index (χ1v) is 12.1. The van der Waals surface area contributed by atoms with Crippen LogP contribution in [0.15, 0.2) is 59.8 Å². The summed E-state index contributed by atoms with van der Waals surface area (Å²) in [5, 5.41) is 16.6. The molecule has 3 aromatic rings. The summed E-state index contributed by atoms with van der Waals surface area (Å²) < 4.78 is 75.0. The molecule has 1 heterocycles. The Kier molecular flexibility index (Phi) is 9.67. The lowest BCUT2D eigenvalue weighted by Gasteiger charge is -2.21. The number of rotatable bonds is 7. The van der Waals surface area contributed by atoms with Crippen molar-refractivity contribution in [2.75, 3.05) is 12.3 Å². The third kappa shape index (κ3) is 7.93. The van der Waals surface area contributed by atoms with E-state index in [-0.39, 0.29) is 28.9 Å². The van der Waals surface area contributed by atoms with E-state index in [1.165, 1.54) is 24.5 Å². The van der Waals surface area contributed by atoms with Gasteiger partial charge in [0.25, 0.3) is 0 Å². The number of nitrogen functional groups attached to an aromatic ring is 1. The molecule has 5 N–H and O–H groups in total. The first kappa shape index (κ1) is 29.6. The van der Waals surface area contributed by atoms with Crippen molar-refractivity contribution in [3.05, 3.63) is 60.7 Å². The fourth-order valence-corrected chi connectivity index (χ4v) is 4.59. The molecule has 0 aliphatic heterocycles. The normalized spacial score (nSPS) is 12.5. The number of hydrogen-bond donors (Lipinski definition) is 4. The molecule has 37 heavy (non-hydrogen) atoms. The lowest BCUT2D eigenvalue weighted by atomic mass is 10.0. The molecular weight excluding hydrogens is 520 g/mol. The van der Waals surface area contributed by atoms with Gasteiger partial charge in [-0.1, -0.05) is 44.2 Å². The molecule has 0 saturated carbocycles. The van der Waals surface area contributed by atoms with Gasteiger partial charge in [0.15, 0.2) is 0 Å².